The predicted octanol–water partition coefficient (Wildman–Crippen LogP) is 3.74. The Labute approximate surface area is 98.4 Å². The third-order valence-corrected chi connectivity index (χ3v) is 2.65. The third kappa shape index (κ3) is 2.16. The molecule has 0 unspecified atom stereocenters. The molecule has 0 aliphatic carbocycles. The van der Waals surface area contributed by atoms with Crippen LogP contribution in [0.1, 0.15) is 12.5 Å². The number of aromatic nitrogens is 2. The van der Waals surface area contributed by atoms with Crippen LogP contribution in [0.15, 0.2) is 30.6 Å². The highest BCUT2D eigenvalue weighted by atomic mass is 35.5. The van der Waals surface area contributed by atoms with Gasteiger partial charge in [0.15, 0.2) is 0 Å². The van der Waals surface area contributed by atoms with Crippen molar-refractivity contribution in [2.45, 2.75) is 13.3 Å². The standard InChI is InChI=1S/C11H10Cl2N2/c1-2-8-5-9(12)3-4-11(8)15-7-10(13)6-14-15/h3-7H,2H2,1H3. The fourth-order valence-electron chi connectivity index (χ4n) is 1.49. The molecule has 1 aromatic carbocycles. The molecule has 1 aromatic heterocycles. The summed E-state index contributed by atoms with van der Waals surface area (Å²) in [7, 11) is 0. The molecule has 0 fully saturated rings. The summed E-state index contributed by atoms with van der Waals surface area (Å²) in [4.78, 5) is 0. The van der Waals surface area contributed by atoms with Crippen LogP contribution >= 0.6 is 23.2 Å². The topological polar surface area (TPSA) is 17.8 Å². The number of benzene rings is 1. The van der Waals surface area contributed by atoms with Crippen molar-refractivity contribution in [2.24, 2.45) is 0 Å². The smallest absolute Gasteiger partial charge is 0.0790 e. The number of hydrogen-bond acceptors (Lipinski definition) is 1. The van der Waals surface area contributed by atoms with Gasteiger partial charge in [-0.1, -0.05) is 30.1 Å². The number of halogens is 2. The lowest BCUT2D eigenvalue weighted by molar-refractivity contribution is 0.863. The Hall–Kier alpha value is -0.990. The van der Waals surface area contributed by atoms with Crippen molar-refractivity contribution in [1.29, 1.82) is 0 Å². The van der Waals surface area contributed by atoms with Crippen molar-refractivity contribution < 1.29 is 0 Å². The highest BCUT2D eigenvalue weighted by molar-refractivity contribution is 6.30. The normalized spacial score (nSPS) is 10.6. The molecule has 1 heterocycles. The molecule has 0 aliphatic rings. The number of nitrogens with zero attached hydrogens (tertiary/aromatic N) is 2. The van der Waals surface area contributed by atoms with Gasteiger partial charge in [0.1, 0.15) is 0 Å². The first-order chi connectivity index (χ1) is 7.20. The van der Waals surface area contributed by atoms with Crippen LogP contribution in [0, 0.1) is 0 Å². The second kappa shape index (κ2) is 4.25. The third-order valence-electron chi connectivity index (χ3n) is 2.22. The first-order valence-corrected chi connectivity index (χ1v) is 5.45. The summed E-state index contributed by atoms with van der Waals surface area (Å²) in [5, 5.41) is 5.54. The van der Waals surface area contributed by atoms with Gasteiger partial charge < -0.3 is 0 Å². The minimum atomic E-state index is 0.631. The molecule has 0 bridgehead atoms. The van der Waals surface area contributed by atoms with Gasteiger partial charge in [0.05, 0.1) is 16.9 Å². The lowest BCUT2D eigenvalue weighted by atomic mass is 10.1. The lowest BCUT2D eigenvalue weighted by Crippen LogP contribution is -1.99. The van der Waals surface area contributed by atoms with E-state index in [1.807, 2.05) is 18.2 Å². The van der Waals surface area contributed by atoms with Crippen LogP contribution in [0.25, 0.3) is 5.69 Å². The summed E-state index contributed by atoms with van der Waals surface area (Å²) in [5.41, 5.74) is 2.18. The van der Waals surface area contributed by atoms with Gasteiger partial charge in [-0.2, -0.15) is 5.10 Å². The fourth-order valence-corrected chi connectivity index (χ4v) is 1.82. The molecule has 0 aliphatic heterocycles. The summed E-state index contributed by atoms with van der Waals surface area (Å²) < 4.78 is 1.76. The van der Waals surface area contributed by atoms with E-state index in [0.717, 1.165) is 22.7 Å². The van der Waals surface area contributed by atoms with E-state index in [1.165, 1.54) is 0 Å². The van der Waals surface area contributed by atoms with Crippen molar-refractivity contribution in [3.05, 3.63) is 46.2 Å². The van der Waals surface area contributed by atoms with E-state index in [1.54, 1.807) is 17.1 Å². The van der Waals surface area contributed by atoms with Crippen molar-refractivity contribution in [3.8, 4) is 5.69 Å². The summed E-state index contributed by atoms with van der Waals surface area (Å²) >= 11 is 11.8. The van der Waals surface area contributed by atoms with Gasteiger partial charge in [-0.05, 0) is 30.2 Å². The molecular formula is C11H10Cl2N2. The molecule has 15 heavy (non-hydrogen) atoms. The fraction of sp³-hybridized carbons (Fsp3) is 0.182. The molecule has 0 amide bonds. The Morgan fingerprint density at radius 1 is 1.27 bits per heavy atom. The van der Waals surface area contributed by atoms with Crippen LogP contribution in [0.5, 0.6) is 0 Å². The Bertz CT molecular complexity index is 477. The molecular weight excluding hydrogens is 231 g/mol. The minimum absolute atomic E-state index is 0.631. The van der Waals surface area contributed by atoms with E-state index >= 15 is 0 Å². The zero-order chi connectivity index (χ0) is 10.8. The van der Waals surface area contributed by atoms with Crippen LogP contribution in [-0.4, -0.2) is 9.78 Å². The van der Waals surface area contributed by atoms with E-state index in [-0.39, 0.29) is 0 Å². The van der Waals surface area contributed by atoms with Gasteiger partial charge in [0.2, 0.25) is 0 Å². The summed E-state index contributed by atoms with van der Waals surface area (Å²) in [6.45, 7) is 2.08. The van der Waals surface area contributed by atoms with E-state index in [9.17, 15) is 0 Å². The van der Waals surface area contributed by atoms with Crippen LogP contribution < -0.4 is 0 Å². The zero-order valence-corrected chi connectivity index (χ0v) is 9.76. The van der Waals surface area contributed by atoms with Crippen LogP contribution in [0.2, 0.25) is 10.0 Å². The number of aryl methyl sites for hydroxylation is 1. The van der Waals surface area contributed by atoms with Crippen molar-refractivity contribution >= 4 is 23.2 Å². The van der Waals surface area contributed by atoms with Crippen molar-refractivity contribution in [2.75, 3.05) is 0 Å². The van der Waals surface area contributed by atoms with Crippen LogP contribution in [0.3, 0.4) is 0 Å². The monoisotopic (exact) mass is 240 g/mol. The second-order valence-electron chi connectivity index (χ2n) is 3.23. The maximum atomic E-state index is 5.93. The molecule has 2 rings (SSSR count). The summed E-state index contributed by atoms with van der Waals surface area (Å²) in [6, 6.07) is 5.75. The van der Waals surface area contributed by atoms with E-state index < -0.39 is 0 Å². The van der Waals surface area contributed by atoms with E-state index in [4.69, 9.17) is 23.2 Å². The largest absolute Gasteiger partial charge is 0.239 e. The molecule has 0 atom stereocenters. The minimum Gasteiger partial charge on any atom is -0.239 e. The van der Waals surface area contributed by atoms with Gasteiger partial charge in [-0.25, -0.2) is 4.68 Å². The molecule has 0 radical (unpaired) electrons. The van der Waals surface area contributed by atoms with Gasteiger partial charge in [-0.3, -0.25) is 0 Å². The first-order valence-electron chi connectivity index (χ1n) is 4.69. The molecule has 0 saturated carbocycles. The van der Waals surface area contributed by atoms with Gasteiger partial charge in [-0.15, -0.1) is 0 Å². The van der Waals surface area contributed by atoms with Crippen LogP contribution in [0.4, 0.5) is 0 Å². The van der Waals surface area contributed by atoms with Gasteiger partial charge in [0, 0.05) is 11.2 Å². The molecule has 0 spiro atoms. The number of rotatable bonds is 2. The SMILES string of the molecule is CCc1cc(Cl)ccc1-n1cc(Cl)cn1. The Morgan fingerprint density at radius 3 is 2.67 bits per heavy atom. The summed E-state index contributed by atoms with van der Waals surface area (Å²) in [5.74, 6) is 0. The highest BCUT2D eigenvalue weighted by Gasteiger charge is 2.05. The molecule has 78 valence electrons. The van der Waals surface area contributed by atoms with Crippen LogP contribution in [-0.2, 0) is 6.42 Å². The quantitative estimate of drug-likeness (QED) is 0.783. The molecule has 2 nitrogen and oxygen atoms in total. The average molecular weight is 241 g/mol. The van der Waals surface area contributed by atoms with E-state index in [2.05, 4.69) is 12.0 Å². The predicted molar refractivity (Wildman–Crippen MR) is 63.0 cm³/mol. The van der Waals surface area contributed by atoms with E-state index in [0.29, 0.717) is 5.02 Å². The Kier molecular flexibility index (Phi) is 2.98. The molecule has 4 heteroatoms. The molecule has 0 saturated heterocycles. The maximum absolute atomic E-state index is 5.93. The van der Waals surface area contributed by atoms with Crippen molar-refractivity contribution in [3.63, 3.8) is 0 Å². The van der Waals surface area contributed by atoms with Gasteiger partial charge in [0.25, 0.3) is 0 Å². The highest BCUT2D eigenvalue weighted by Crippen LogP contribution is 2.21. The van der Waals surface area contributed by atoms with Gasteiger partial charge >= 0.3 is 0 Å². The molecule has 2 aromatic rings. The van der Waals surface area contributed by atoms with Crippen molar-refractivity contribution in [1.82, 2.24) is 9.78 Å². The first kappa shape index (κ1) is 10.5. The average Bonchev–Trinajstić information content (AvgIpc) is 2.64. The lowest BCUT2D eigenvalue weighted by Gasteiger charge is -2.07. The zero-order valence-electron chi connectivity index (χ0n) is 8.24. The molecule has 0 N–H and O–H groups in total. The number of hydrogen-bond donors (Lipinski definition) is 0. The summed E-state index contributed by atoms with van der Waals surface area (Å²) in [6.07, 6.45) is 4.31. The second-order valence-corrected chi connectivity index (χ2v) is 4.10. The maximum Gasteiger partial charge on any atom is 0.0790 e. The Morgan fingerprint density at radius 2 is 2.07 bits per heavy atom. The Balaban J connectivity index is 2.52.